The Labute approximate surface area is 106 Å². The number of carbonyl (C=O) groups excluding carboxylic acids is 1. The first-order valence-electron chi connectivity index (χ1n) is 6.15. The molecule has 1 saturated carbocycles. The average molecular weight is 255 g/mol. The topological polar surface area (TPSA) is 17.1 Å². The summed E-state index contributed by atoms with van der Waals surface area (Å²) in [6, 6.07) is 4.19. The third-order valence-electron chi connectivity index (χ3n) is 3.50. The molecule has 92 valence electrons. The van der Waals surface area contributed by atoms with Crippen molar-refractivity contribution in [2.45, 2.75) is 38.5 Å². The number of hydrogen-bond acceptors (Lipinski definition) is 1. The number of benzene rings is 1. The summed E-state index contributed by atoms with van der Waals surface area (Å²) in [7, 11) is 0. The molecule has 0 aliphatic heterocycles. The van der Waals surface area contributed by atoms with Crippen molar-refractivity contribution in [1.29, 1.82) is 0 Å². The molecule has 1 aliphatic rings. The van der Waals surface area contributed by atoms with E-state index in [2.05, 4.69) is 0 Å². The molecule has 0 N–H and O–H groups in total. The maximum atomic E-state index is 13.0. The number of rotatable bonds is 4. The standard InChI is InChI=1S/C14H16ClFO/c15-12-9-11(6-7-13(12)16)14(17)8-5-10-3-1-2-4-10/h6-7,9-10H,1-5,8H2. The maximum Gasteiger partial charge on any atom is 0.162 e. The molecule has 1 fully saturated rings. The van der Waals surface area contributed by atoms with Crippen molar-refractivity contribution < 1.29 is 9.18 Å². The Morgan fingerprint density at radius 1 is 1.35 bits per heavy atom. The van der Waals surface area contributed by atoms with Crippen molar-refractivity contribution in [3.8, 4) is 0 Å². The summed E-state index contributed by atoms with van der Waals surface area (Å²) in [5.74, 6) is 0.299. The van der Waals surface area contributed by atoms with Crippen molar-refractivity contribution in [3.63, 3.8) is 0 Å². The Hall–Kier alpha value is -0.890. The zero-order chi connectivity index (χ0) is 12.3. The van der Waals surface area contributed by atoms with E-state index in [0.717, 1.165) is 6.42 Å². The van der Waals surface area contributed by atoms with Gasteiger partial charge in [0.1, 0.15) is 5.82 Å². The van der Waals surface area contributed by atoms with Crippen molar-refractivity contribution in [2.24, 2.45) is 5.92 Å². The Morgan fingerprint density at radius 3 is 2.71 bits per heavy atom. The van der Waals surface area contributed by atoms with Gasteiger partial charge in [0.2, 0.25) is 0 Å². The van der Waals surface area contributed by atoms with Crippen LogP contribution >= 0.6 is 11.6 Å². The zero-order valence-corrected chi connectivity index (χ0v) is 10.5. The molecule has 0 unspecified atom stereocenters. The van der Waals surface area contributed by atoms with Gasteiger partial charge < -0.3 is 0 Å². The first kappa shape index (κ1) is 12.6. The van der Waals surface area contributed by atoms with E-state index in [1.54, 1.807) is 0 Å². The second-order valence-corrected chi connectivity index (χ2v) is 5.15. The van der Waals surface area contributed by atoms with Gasteiger partial charge in [-0.05, 0) is 30.5 Å². The predicted octanol–water partition coefficient (Wildman–Crippen LogP) is 4.63. The molecule has 0 bridgehead atoms. The number of ketones is 1. The smallest absolute Gasteiger partial charge is 0.162 e. The van der Waals surface area contributed by atoms with Gasteiger partial charge in [0, 0.05) is 12.0 Å². The largest absolute Gasteiger partial charge is 0.294 e. The fourth-order valence-electron chi connectivity index (χ4n) is 2.45. The van der Waals surface area contributed by atoms with Crippen molar-refractivity contribution in [3.05, 3.63) is 34.6 Å². The molecule has 0 atom stereocenters. The van der Waals surface area contributed by atoms with Crippen LogP contribution in [0.15, 0.2) is 18.2 Å². The first-order chi connectivity index (χ1) is 8.16. The number of carbonyl (C=O) groups is 1. The second-order valence-electron chi connectivity index (χ2n) is 4.74. The van der Waals surface area contributed by atoms with Gasteiger partial charge in [-0.3, -0.25) is 4.79 Å². The van der Waals surface area contributed by atoms with Gasteiger partial charge in [0.15, 0.2) is 5.78 Å². The number of hydrogen-bond donors (Lipinski definition) is 0. The average Bonchev–Trinajstić information content (AvgIpc) is 2.82. The lowest BCUT2D eigenvalue weighted by atomic mass is 9.97. The molecule has 1 aromatic rings. The minimum atomic E-state index is -0.473. The summed E-state index contributed by atoms with van der Waals surface area (Å²) < 4.78 is 13.0. The first-order valence-corrected chi connectivity index (χ1v) is 6.53. The summed E-state index contributed by atoms with van der Waals surface area (Å²) >= 11 is 5.66. The van der Waals surface area contributed by atoms with Crippen LogP contribution in [0.5, 0.6) is 0 Å². The number of halogens is 2. The predicted molar refractivity (Wildman–Crippen MR) is 66.9 cm³/mol. The van der Waals surface area contributed by atoms with Crippen LogP contribution in [0.4, 0.5) is 4.39 Å². The highest BCUT2D eigenvalue weighted by Gasteiger charge is 2.17. The number of Topliss-reactive ketones (excluding diaryl/α,β-unsaturated/α-hetero) is 1. The van der Waals surface area contributed by atoms with Gasteiger partial charge in [-0.15, -0.1) is 0 Å². The zero-order valence-electron chi connectivity index (χ0n) is 9.72. The van der Waals surface area contributed by atoms with Gasteiger partial charge in [-0.1, -0.05) is 37.3 Å². The molecule has 3 heteroatoms. The fraction of sp³-hybridized carbons (Fsp3) is 0.500. The fourth-order valence-corrected chi connectivity index (χ4v) is 2.63. The Bertz CT molecular complexity index is 411. The third kappa shape index (κ3) is 3.29. The van der Waals surface area contributed by atoms with Gasteiger partial charge in [0.25, 0.3) is 0 Å². The molecular formula is C14H16ClFO. The molecule has 0 spiro atoms. The lowest BCUT2D eigenvalue weighted by Gasteiger charge is -2.07. The van der Waals surface area contributed by atoms with Crippen LogP contribution in [-0.2, 0) is 0 Å². The molecular weight excluding hydrogens is 239 g/mol. The van der Waals surface area contributed by atoms with Gasteiger partial charge >= 0.3 is 0 Å². The van der Waals surface area contributed by atoms with E-state index < -0.39 is 5.82 Å². The molecule has 0 amide bonds. The maximum absolute atomic E-state index is 13.0. The van der Waals surface area contributed by atoms with Crippen molar-refractivity contribution >= 4 is 17.4 Å². The molecule has 1 aliphatic carbocycles. The van der Waals surface area contributed by atoms with E-state index in [4.69, 9.17) is 11.6 Å². The molecule has 0 aromatic heterocycles. The Morgan fingerprint density at radius 2 is 2.06 bits per heavy atom. The minimum Gasteiger partial charge on any atom is -0.294 e. The Balaban J connectivity index is 1.92. The molecule has 0 heterocycles. The lowest BCUT2D eigenvalue weighted by molar-refractivity contribution is 0.0974. The van der Waals surface area contributed by atoms with E-state index in [0.29, 0.717) is 17.9 Å². The summed E-state index contributed by atoms with van der Waals surface area (Å²) in [4.78, 5) is 11.9. The minimum absolute atomic E-state index is 0.0247. The summed E-state index contributed by atoms with van der Waals surface area (Å²) in [6.07, 6.45) is 6.58. The van der Waals surface area contributed by atoms with Crippen LogP contribution in [0, 0.1) is 11.7 Å². The molecule has 0 saturated heterocycles. The SMILES string of the molecule is O=C(CCC1CCCC1)c1ccc(F)c(Cl)c1. The summed E-state index contributed by atoms with van der Waals surface area (Å²) in [5, 5.41) is 0.0247. The van der Waals surface area contributed by atoms with Crippen LogP contribution in [0.2, 0.25) is 5.02 Å². The van der Waals surface area contributed by atoms with Crippen molar-refractivity contribution in [1.82, 2.24) is 0 Å². The van der Waals surface area contributed by atoms with Crippen molar-refractivity contribution in [2.75, 3.05) is 0 Å². The molecule has 0 radical (unpaired) electrons. The van der Waals surface area contributed by atoms with Crippen LogP contribution in [0.1, 0.15) is 48.9 Å². The molecule has 1 nitrogen and oxygen atoms in total. The third-order valence-corrected chi connectivity index (χ3v) is 3.79. The lowest BCUT2D eigenvalue weighted by Crippen LogP contribution is -2.03. The van der Waals surface area contributed by atoms with Crippen LogP contribution < -0.4 is 0 Å². The monoisotopic (exact) mass is 254 g/mol. The van der Waals surface area contributed by atoms with E-state index in [9.17, 15) is 9.18 Å². The van der Waals surface area contributed by atoms with Gasteiger partial charge in [0.05, 0.1) is 5.02 Å². The molecule has 17 heavy (non-hydrogen) atoms. The highest BCUT2D eigenvalue weighted by Crippen LogP contribution is 2.29. The highest BCUT2D eigenvalue weighted by atomic mass is 35.5. The normalized spacial score (nSPS) is 16.4. The molecule has 1 aromatic carbocycles. The highest BCUT2D eigenvalue weighted by molar-refractivity contribution is 6.31. The van der Waals surface area contributed by atoms with E-state index in [1.165, 1.54) is 43.9 Å². The van der Waals surface area contributed by atoms with Crippen LogP contribution in [0.25, 0.3) is 0 Å². The van der Waals surface area contributed by atoms with Crippen LogP contribution in [-0.4, -0.2) is 5.78 Å². The summed E-state index contributed by atoms with van der Waals surface area (Å²) in [6.45, 7) is 0. The Kier molecular flexibility index (Phi) is 4.16. The van der Waals surface area contributed by atoms with Gasteiger partial charge in [-0.2, -0.15) is 0 Å². The second kappa shape index (κ2) is 5.63. The molecule has 2 rings (SSSR count). The van der Waals surface area contributed by atoms with Gasteiger partial charge in [-0.25, -0.2) is 4.39 Å². The van der Waals surface area contributed by atoms with E-state index in [1.807, 2.05) is 0 Å². The van der Waals surface area contributed by atoms with E-state index >= 15 is 0 Å². The van der Waals surface area contributed by atoms with E-state index in [-0.39, 0.29) is 10.8 Å². The summed E-state index contributed by atoms with van der Waals surface area (Å²) in [5.41, 5.74) is 0.523. The van der Waals surface area contributed by atoms with Crippen LogP contribution in [0.3, 0.4) is 0 Å². The quantitative estimate of drug-likeness (QED) is 0.716.